The number of thiophene rings is 1. The van der Waals surface area contributed by atoms with Crippen LogP contribution in [0.25, 0.3) is 81.2 Å². The van der Waals surface area contributed by atoms with Crippen molar-refractivity contribution in [3.63, 3.8) is 0 Å². The molecule has 274 valence electrons. The molecule has 2 unspecified atom stereocenters. The molecule has 0 saturated heterocycles. The second-order valence-electron chi connectivity index (χ2n) is 16.5. The first kappa shape index (κ1) is 32.3. The Bertz CT molecular complexity index is 3460. The minimum atomic E-state index is -0.266. The van der Waals surface area contributed by atoms with Gasteiger partial charge in [0.1, 0.15) is 0 Å². The van der Waals surface area contributed by atoms with Gasteiger partial charge in [0.25, 0.3) is 0 Å². The molecule has 5 heteroatoms. The molecule has 0 N–H and O–H groups in total. The first-order valence-electron chi connectivity index (χ1n) is 20.2. The third-order valence-corrected chi connectivity index (χ3v) is 14.3. The minimum Gasteiger partial charge on any atom is -0.333 e. The molecule has 3 aliphatic rings. The smallest absolute Gasteiger partial charge is 0.235 e. The molecular formula is C53H36N4S. The Kier molecular flexibility index (Phi) is 6.47. The quantitative estimate of drug-likeness (QED) is 0.180. The molecular weight excluding hydrogens is 725 g/mol. The van der Waals surface area contributed by atoms with E-state index in [9.17, 15) is 0 Å². The Balaban J connectivity index is 1.22. The highest BCUT2D eigenvalue weighted by Gasteiger charge is 2.41. The fraction of sp³-hybridized carbons (Fsp3) is 0.0943. The zero-order chi connectivity index (χ0) is 38.3. The summed E-state index contributed by atoms with van der Waals surface area (Å²) in [5.74, 6) is 0.964. The Morgan fingerprint density at radius 1 is 0.621 bits per heavy atom. The summed E-state index contributed by atoms with van der Waals surface area (Å²) in [6.07, 6.45) is 9.15. The molecule has 13 rings (SSSR count). The number of hydrogen-bond donors (Lipinski definition) is 0. The summed E-state index contributed by atoms with van der Waals surface area (Å²) < 4.78 is 4.75. The monoisotopic (exact) mass is 760 g/mol. The summed E-state index contributed by atoms with van der Waals surface area (Å²) in [7, 11) is 0. The molecule has 0 radical (unpaired) electrons. The molecule has 0 saturated carbocycles. The number of rotatable bonds is 3. The number of nitrogens with zero attached hydrogens (tertiary/aromatic N) is 4. The van der Waals surface area contributed by atoms with Crippen LogP contribution in [0.4, 0.5) is 11.4 Å². The number of fused-ring (bicyclic) bond motifs is 15. The molecule has 3 aromatic heterocycles. The maximum Gasteiger partial charge on any atom is 0.235 e. The van der Waals surface area contributed by atoms with Crippen LogP contribution in [0.3, 0.4) is 0 Å². The van der Waals surface area contributed by atoms with Gasteiger partial charge >= 0.3 is 0 Å². The van der Waals surface area contributed by atoms with E-state index >= 15 is 0 Å². The van der Waals surface area contributed by atoms with Crippen LogP contribution in [0.15, 0.2) is 170 Å². The van der Waals surface area contributed by atoms with Gasteiger partial charge in [-0.05, 0) is 51.4 Å². The first-order chi connectivity index (χ1) is 28.6. The zero-order valence-electron chi connectivity index (χ0n) is 32.0. The Morgan fingerprint density at radius 2 is 1.36 bits per heavy atom. The van der Waals surface area contributed by atoms with Gasteiger partial charge in [0.15, 0.2) is 0 Å². The number of aromatic nitrogens is 3. The number of para-hydroxylation sites is 1. The maximum atomic E-state index is 5.67. The van der Waals surface area contributed by atoms with Gasteiger partial charge in [0.05, 0.1) is 38.7 Å². The summed E-state index contributed by atoms with van der Waals surface area (Å²) in [6.45, 7) is 4.78. The minimum absolute atomic E-state index is 0.160. The number of hydrogen-bond acceptors (Lipinski definition) is 4. The summed E-state index contributed by atoms with van der Waals surface area (Å²) in [5.41, 5.74) is 14.1. The van der Waals surface area contributed by atoms with Crippen molar-refractivity contribution in [2.45, 2.75) is 31.2 Å². The third-order valence-electron chi connectivity index (χ3n) is 13.1. The van der Waals surface area contributed by atoms with E-state index in [0.29, 0.717) is 5.95 Å². The summed E-state index contributed by atoms with van der Waals surface area (Å²) in [6, 6.07) is 53.6. The predicted molar refractivity (Wildman–Crippen MR) is 243 cm³/mol. The Morgan fingerprint density at radius 3 is 2.26 bits per heavy atom. The fourth-order valence-electron chi connectivity index (χ4n) is 10.6. The molecule has 0 spiro atoms. The molecule has 58 heavy (non-hydrogen) atoms. The van der Waals surface area contributed by atoms with Gasteiger partial charge in [-0.15, -0.1) is 11.3 Å². The highest BCUT2D eigenvalue weighted by molar-refractivity contribution is 7.26. The molecule has 1 aliphatic heterocycles. The van der Waals surface area contributed by atoms with Crippen molar-refractivity contribution < 1.29 is 0 Å². The van der Waals surface area contributed by atoms with Crippen molar-refractivity contribution >= 4 is 75.6 Å². The Hall–Kier alpha value is -6.82. The molecule has 4 nitrogen and oxygen atoms in total. The van der Waals surface area contributed by atoms with Gasteiger partial charge in [-0.1, -0.05) is 166 Å². The van der Waals surface area contributed by atoms with E-state index in [0.717, 1.165) is 32.4 Å². The normalized spacial score (nSPS) is 17.4. The van der Waals surface area contributed by atoms with Crippen molar-refractivity contribution in [3.05, 3.63) is 187 Å². The average molecular weight is 761 g/mol. The van der Waals surface area contributed by atoms with Crippen molar-refractivity contribution in [3.8, 4) is 28.3 Å². The van der Waals surface area contributed by atoms with Crippen LogP contribution in [-0.4, -0.2) is 20.6 Å². The molecule has 2 atom stereocenters. The third kappa shape index (κ3) is 4.18. The van der Waals surface area contributed by atoms with Crippen LogP contribution in [0.2, 0.25) is 0 Å². The lowest BCUT2D eigenvalue weighted by molar-refractivity contribution is 0.663. The molecule has 10 aromatic rings. The van der Waals surface area contributed by atoms with Gasteiger partial charge in [-0.3, -0.25) is 4.57 Å². The molecule has 4 heterocycles. The highest BCUT2D eigenvalue weighted by Crippen LogP contribution is 2.55. The van der Waals surface area contributed by atoms with Crippen LogP contribution in [0.5, 0.6) is 0 Å². The van der Waals surface area contributed by atoms with Crippen molar-refractivity contribution in [1.29, 1.82) is 0 Å². The Labute approximate surface area is 339 Å². The summed E-state index contributed by atoms with van der Waals surface area (Å²) >= 11 is 1.78. The average Bonchev–Trinajstić information content (AvgIpc) is 3.98. The van der Waals surface area contributed by atoms with Crippen LogP contribution in [0, 0.1) is 0 Å². The zero-order valence-corrected chi connectivity index (χ0v) is 32.8. The van der Waals surface area contributed by atoms with E-state index in [1.807, 2.05) is 0 Å². The standard InChI is InChI=1S/C53H36N4S/c1-53(2)40-24-12-8-18-32(40)37-28-29-39-46-36-22-7-6-21-35(36)43(56-41-25-13-9-19-33(41)34-20-10-14-26-42(34)56)30-44(46)57(50(39)47(37)53)52-54-48(31-16-4-3-5-17-31)51-49(55-52)38-23-11-15-27-45(38)58-51/h3-30,33,41H,1-2H3. The lowest BCUT2D eigenvalue weighted by Crippen LogP contribution is -2.28. The van der Waals surface area contributed by atoms with E-state index in [4.69, 9.17) is 9.97 Å². The maximum absolute atomic E-state index is 5.67. The lowest BCUT2D eigenvalue weighted by Gasteiger charge is -2.30. The van der Waals surface area contributed by atoms with Gasteiger partial charge in [-0.2, -0.15) is 0 Å². The number of allylic oxidation sites excluding steroid dienone is 2. The second kappa shape index (κ2) is 11.6. The first-order valence-corrected chi connectivity index (χ1v) is 21.0. The van der Waals surface area contributed by atoms with Gasteiger partial charge in [0.2, 0.25) is 5.95 Å². The van der Waals surface area contributed by atoms with Crippen LogP contribution in [-0.2, 0) is 5.41 Å². The number of anilines is 2. The van der Waals surface area contributed by atoms with E-state index in [-0.39, 0.29) is 17.4 Å². The van der Waals surface area contributed by atoms with Crippen LogP contribution in [0.1, 0.15) is 36.5 Å². The fourth-order valence-corrected chi connectivity index (χ4v) is 11.8. The SMILES string of the molecule is CC1(C)c2ccccc2-c2ccc3c4c5ccccc5c(N5c6ccccc6C6C=CC=CC65)cc4n(-c4nc(-c5ccccc5)c5sc6ccccc6c5n4)c3c21. The van der Waals surface area contributed by atoms with E-state index in [2.05, 4.69) is 193 Å². The topological polar surface area (TPSA) is 34.0 Å². The number of benzene rings is 7. The van der Waals surface area contributed by atoms with Crippen LogP contribution < -0.4 is 4.90 Å². The van der Waals surface area contributed by atoms with Gasteiger partial charge in [-0.25, -0.2) is 9.97 Å². The highest BCUT2D eigenvalue weighted by atomic mass is 32.1. The van der Waals surface area contributed by atoms with E-state index in [1.165, 1.54) is 71.0 Å². The summed E-state index contributed by atoms with van der Waals surface area (Å²) in [4.78, 5) is 13.9. The summed E-state index contributed by atoms with van der Waals surface area (Å²) in [5, 5.41) is 6.07. The van der Waals surface area contributed by atoms with E-state index in [1.54, 1.807) is 11.3 Å². The molecule has 2 aliphatic carbocycles. The van der Waals surface area contributed by atoms with Gasteiger partial charge in [0, 0.05) is 48.8 Å². The van der Waals surface area contributed by atoms with Crippen LogP contribution >= 0.6 is 11.3 Å². The van der Waals surface area contributed by atoms with Crippen molar-refractivity contribution in [1.82, 2.24) is 14.5 Å². The largest absolute Gasteiger partial charge is 0.333 e. The van der Waals surface area contributed by atoms with Crippen molar-refractivity contribution in [2.75, 3.05) is 4.90 Å². The second-order valence-corrected chi connectivity index (χ2v) is 17.5. The molecule has 7 aromatic carbocycles. The molecule has 0 amide bonds. The lowest BCUT2D eigenvalue weighted by atomic mass is 9.81. The predicted octanol–water partition coefficient (Wildman–Crippen LogP) is 13.8. The van der Waals surface area contributed by atoms with Gasteiger partial charge < -0.3 is 4.90 Å². The van der Waals surface area contributed by atoms with Crippen molar-refractivity contribution in [2.24, 2.45) is 0 Å². The van der Waals surface area contributed by atoms with E-state index < -0.39 is 0 Å². The molecule has 0 fully saturated rings. The molecule has 0 bridgehead atoms.